The van der Waals surface area contributed by atoms with Crippen molar-refractivity contribution in [3.05, 3.63) is 53.9 Å². The van der Waals surface area contributed by atoms with Crippen LogP contribution in [0.15, 0.2) is 42.6 Å². The summed E-state index contributed by atoms with van der Waals surface area (Å²) in [5.41, 5.74) is 5.23. The standard InChI is InChI=1S/C15H16N4/c1-11-5-3-4-6-13(11)14-7-8-15-17-12(9-16-2)10-19(15)18-14/h3-8,10,16H,9H2,1-2H3. The van der Waals surface area contributed by atoms with E-state index < -0.39 is 0 Å². The monoisotopic (exact) mass is 252 g/mol. The average molecular weight is 252 g/mol. The molecular weight excluding hydrogens is 236 g/mol. The summed E-state index contributed by atoms with van der Waals surface area (Å²) in [5.74, 6) is 0. The van der Waals surface area contributed by atoms with Gasteiger partial charge in [0.05, 0.1) is 17.6 Å². The van der Waals surface area contributed by atoms with Crippen LogP contribution in [0.5, 0.6) is 0 Å². The van der Waals surface area contributed by atoms with Gasteiger partial charge < -0.3 is 5.32 Å². The Hall–Kier alpha value is -2.20. The Balaban J connectivity index is 2.08. The molecule has 0 aliphatic rings. The predicted octanol–water partition coefficient (Wildman–Crippen LogP) is 2.42. The number of hydrogen-bond donors (Lipinski definition) is 1. The molecule has 4 heteroatoms. The highest BCUT2D eigenvalue weighted by Crippen LogP contribution is 2.21. The van der Waals surface area contributed by atoms with Crippen LogP contribution in [0, 0.1) is 6.92 Å². The molecule has 1 aromatic carbocycles. The smallest absolute Gasteiger partial charge is 0.153 e. The van der Waals surface area contributed by atoms with Crippen LogP contribution < -0.4 is 5.32 Å². The molecule has 96 valence electrons. The lowest BCUT2D eigenvalue weighted by molar-refractivity contribution is 0.796. The van der Waals surface area contributed by atoms with Crippen LogP contribution in [0.2, 0.25) is 0 Å². The van der Waals surface area contributed by atoms with Crippen molar-refractivity contribution in [1.82, 2.24) is 19.9 Å². The first kappa shape index (κ1) is 11.9. The molecule has 0 saturated heterocycles. The quantitative estimate of drug-likeness (QED) is 0.778. The largest absolute Gasteiger partial charge is 0.314 e. The number of imidazole rings is 1. The number of aromatic nitrogens is 3. The molecule has 0 spiro atoms. The number of nitrogens with one attached hydrogen (secondary N) is 1. The fourth-order valence-corrected chi connectivity index (χ4v) is 2.20. The van der Waals surface area contributed by atoms with E-state index in [1.54, 1.807) is 0 Å². The summed E-state index contributed by atoms with van der Waals surface area (Å²) >= 11 is 0. The molecule has 3 rings (SSSR count). The van der Waals surface area contributed by atoms with Crippen molar-refractivity contribution in [1.29, 1.82) is 0 Å². The minimum Gasteiger partial charge on any atom is -0.314 e. The van der Waals surface area contributed by atoms with Gasteiger partial charge >= 0.3 is 0 Å². The third-order valence-corrected chi connectivity index (χ3v) is 3.15. The summed E-state index contributed by atoms with van der Waals surface area (Å²) in [6.45, 7) is 2.85. The molecule has 0 atom stereocenters. The molecular formula is C15H16N4. The topological polar surface area (TPSA) is 42.2 Å². The van der Waals surface area contributed by atoms with Gasteiger partial charge in [0.2, 0.25) is 0 Å². The van der Waals surface area contributed by atoms with Crippen molar-refractivity contribution in [2.75, 3.05) is 7.05 Å². The van der Waals surface area contributed by atoms with Gasteiger partial charge in [-0.3, -0.25) is 0 Å². The van der Waals surface area contributed by atoms with Crippen molar-refractivity contribution in [3.63, 3.8) is 0 Å². The molecule has 0 radical (unpaired) electrons. The molecule has 0 aliphatic heterocycles. The lowest BCUT2D eigenvalue weighted by atomic mass is 10.1. The van der Waals surface area contributed by atoms with Crippen LogP contribution in [-0.2, 0) is 6.54 Å². The highest BCUT2D eigenvalue weighted by molar-refractivity contribution is 5.64. The summed E-state index contributed by atoms with van der Waals surface area (Å²) in [6.07, 6.45) is 1.97. The Morgan fingerprint density at radius 2 is 2.00 bits per heavy atom. The van der Waals surface area contributed by atoms with E-state index in [1.165, 1.54) is 5.56 Å². The minimum absolute atomic E-state index is 0.753. The summed E-state index contributed by atoms with van der Waals surface area (Å²) in [5, 5.41) is 7.73. The van der Waals surface area contributed by atoms with E-state index >= 15 is 0 Å². The van der Waals surface area contributed by atoms with Gasteiger partial charge in [-0.1, -0.05) is 24.3 Å². The van der Waals surface area contributed by atoms with Crippen molar-refractivity contribution in [2.45, 2.75) is 13.5 Å². The van der Waals surface area contributed by atoms with Gasteiger partial charge in [-0.05, 0) is 31.7 Å². The second-order valence-electron chi connectivity index (χ2n) is 4.60. The molecule has 0 amide bonds. The fraction of sp³-hybridized carbons (Fsp3) is 0.200. The Morgan fingerprint density at radius 3 is 2.79 bits per heavy atom. The van der Waals surface area contributed by atoms with Crippen LogP contribution >= 0.6 is 0 Å². The number of aryl methyl sites for hydroxylation is 1. The fourth-order valence-electron chi connectivity index (χ4n) is 2.20. The van der Waals surface area contributed by atoms with E-state index in [0.29, 0.717) is 0 Å². The number of benzene rings is 1. The van der Waals surface area contributed by atoms with Crippen LogP contribution in [0.4, 0.5) is 0 Å². The molecule has 0 bridgehead atoms. The lowest BCUT2D eigenvalue weighted by Crippen LogP contribution is -2.04. The zero-order valence-corrected chi connectivity index (χ0v) is 11.1. The number of nitrogens with zero attached hydrogens (tertiary/aromatic N) is 3. The van der Waals surface area contributed by atoms with Crippen LogP contribution in [0.25, 0.3) is 16.9 Å². The van der Waals surface area contributed by atoms with Gasteiger partial charge in [0.25, 0.3) is 0 Å². The normalized spacial score (nSPS) is 11.1. The van der Waals surface area contributed by atoms with E-state index in [2.05, 4.69) is 34.5 Å². The maximum atomic E-state index is 4.64. The highest BCUT2D eigenvalue weighted by atomic mass is 15.2. The van der Waals surface area contributed by atoms with Crippen LogP contribution in [0.3, 0.4) is 0 Å². The molecule has 2 aromatic heterocycles. The summed E-state index contributed by atoms with van der Waals surface area (Å²) in [4.78, 5) is 4.50. The Morgan fingerprint density at radius 1 is 1.16 bits per heavy atom. The lowest BCUT2D eigenvalue weighted by Gasteiger charge is -2.04. The first-order valence-electron chi connectivity index (χ1n) is 6.34. The molecule has 1 N–H and O–H groups in total. The Labute approximate surface area is 112 Å². The van der Waals surface area contributed by atoms with E-state index in [4.69, 9.17) is 0 Å². The average Bonchev–Trinajstić information content (AvgIpc) is 2.81. The van der Waals surface area contributed by atoms with Crippen LogP contribution in [0.1, 0.15) is 11.3 Å². The first-order valence-corrected chi connectivity index (χ1v) is 6.34. The number of fused-ring (bicyclic) bond motifs is 1. The molecule has 4 nitrogen and oxygen atoms in total. The zero-order chi connectivity index (χ0) is 13.2. The molecule has 0 fully saturated rings. The van der Waals surface area contributed by atoms with Gasteiger partial charge in [0, 0.05) is 12.1 Å². The third-order valence-electron chi connectivity index (χ3n) is 3.15. The van der Waals surface area contributed by atoms with E-state index in [0.717, 1.165) is 29.1 Å². The molecule has 0 saturated carbocycles. The predicted molar refractivity (Wildman–Crippen MR) is 75.9 cm³/mol. The maximum Gasteiger partial charge on any atom is 0.153 e. The van der Waals surface area contributed by atoms with Gasteiger partial charge in [-0.25, -0.2) is 9.50 Å². The number of hydrogen-bond acceptors (Lipinski definition) is 3. The second-order valence-corrected chi connectivity index (χ2v) is 4.60. The zero-order valence-electron chi connectivity index (χ0n) is 11.1. The molecule has 0 aliphatic carbocycles. The van der Waals surface area contributed by atoms with Crippen molar-refractivity contribution in [3.8, 4) is 11.3 Å². The van der Waals surface area contributed by atoms with Crippen LogP contribution in [-0.4, -0.2) is 21.6 Å². The van der Waals surface area contributed by atoms with E-state index in [9.17, 15) is 0 Å². The molecule has 2 heterocycles. The first-order chi connectivity index (χ1) is 9.28. The summed E-state index contributed by atoms with van der Waals surface area (Å²) in [7, 11) is 1.91. The van der Waals surface area contributed by atoms with Crippen molar-refractivity contribution < 1.29 is 0 Å². The molecule has 0 unspecified atom stereocenters. The summed E-state index contributed by atoms with van der Waals surface area (Å²) in [6, 6.07) is 12.3. The highest BCUT2D eigenvalue weighted by Gasteiger charge is 2.06. The summed E-state index contributed by atoms with van der Waals surface area (Å²) < 4.78 is 1.84. The number of rotatable bonds is 3. The SMILES string of the molecule is CNCc1cn2nc(-c3ccccc3C)ccc2n1. The third kappa shape index (κ3) is 2.22. The minimum atomic E-state index is 0.753. The Bertz CT molecular complexity index is 715. The van der Waals surface area contributed by atoms with Gasteiger partial charge in [-0.15, -0.1) is 0 Å². The maximum absolute atomic E-state index is 4.64. The second kappa shape index (κ2) is 4.82. The van der Waals surface area contributed by atoms with Crippen molar-refractivity contribution >= 4 is 5.65 Å². The Kier molecular flexibility index (Phi) is 3.01. The van der Waals surface area contributed by atoms with E-state index in [-0.39, 0.29) is 0 Å². The molecule has 19 heavy (non-hydrogen) atoms. The molecule has 3 aromatic rings. The van der Waals surface area contributed by atoms with Gasteiger partial charge in [-0.2, -0.15) is 5.10 Å². The van der Waals surface area contributed by atoms with E-state index in [1.807, 2.05) is 42.0 Å². The van der Waals surface area contributed by atoms with Gasteiger partial charge in [0.1, 0.15) is 0 Å². The van der Waals surface area contributed by atoms with Gasteiger partial charge in [0.15, 0.2) is 5.65 Å². The van der Waals surface area contributed by atoms with Crippen molar-refractivity contribution in [2.24, 2.45) is 0 Å².